The van der Waals surface area contributed by atoms with Crippen LogP contribution in [0, 0.1) is 87.8 Å². The molecule has 0 amide bonds. The average Bonchev–Trinajstić information content (AvgIpc) is 4.10. The highest BCUT2D eigenvalue weighted by molar-refractivity contribution is 6.83. The minimum Gasteiger partial charge on any atom is -0.481 e. The number of aliphatic hydroxyl groups is 1. The van der Waals surface area contributed by atoms with Crippen LogP contribution in [0.25, 0.3) is 0 Å². The van der Waals surface area contributed by atoms with Crippen LogP contribution in [0.3, 0.4) is 0 Å². The number of esters is 5. The number of cyclic esters (lactones) is 2. The highest BCUT2D eigenvalue weighted by atomic mass is 28.5. The zero-order chi connectivity index (χ0) is 52.1. The second-order valence-corrected chi connectivity index (χ2v) is 33.5. The van der Waals surface area contributed by atoms with E-state index in [1.165, 1.54) is 0 Å². The van der Waals surface area contributed by atoms with E-state index in [1.807, 2.05) is 61.9 Å². The van der Waals surface area contributed by atoms with Gasteiger partial charge < -0.3 is 37.4 Å². The van der Waals surface area contributed by atoms with Gasteiger partial charge in [-0.1, -0.05) is 27.7 Å². The van der Waals surface area contributed by atoms with E-state index in [0.717, 1.165) is 38.1 Å². The number of carbonyl (C=O) groups excluding carboxylic acids is 5. The third-order valence-electron chi connectivity index (χ3n) is 18.0. The Balaban J connectivity index is 1.37. The van der Waals surface area contributed by atoms with Crippen molar-refractivity contribution in [1.29, 1.82) is 0 Å². The van der Waals surface area contributed by atoms with Crippen LogP contribution < -0.4 is 0 Å². The van der Waals surface area contributed by atoms with E-state index in [9.17, 15) is 39.0 Å². The van der Waals surface area contributed by atoms with Gasteiger partial charge >= 0.3 is 44.4 Å². The fraction of sp³-hybridized carbons (Fsp3) is 0.887. The van der Waals surface area contributed by atoms with E-state index < -0.39 is 80.9 Å². The lowest BCUT2D eigenvalue weighted by Gasteiger charge is -2.41. The van der Waals surface area contributed by atoms with Crippen molar-refractivity contribution in [2.75, 3.05) is 19.8 Å². The van der Waals surface area contributed by atoms with Gasteiger partial charge in [0.25, 0.3) is 0 Å². The van der Waals surface area contributed by atoms with Crippen molar-refractivity contribution in [2.24, 2.45) is 87.8 Å². The lowest BCUT2D eigenvalue weighted by atomic mass is 9.63. The van der Waals surface area contributed by atoms with E-state index in [2.05, 4.69) is 26.2 Å². The predicted octanol–water partition coefficient (Wildman–Crippen LogP) is 9.78. The molecule has 0 aromatic heterocycles. The number of carboxylic acids is 1. The van der Waals surface area contributed by atoms with Crippen LogP contribution in [0.5, 0.6) is 0 Å². The molecule has 0 aromatic rings. The monoisotopic (exact) mass is 1030 g/mol. The maximum absolute atomic E-state index is 14.2. The summed E-state index contributed by atoms with van der Waals surface area (Å²) in [5.74, 6) is -6.06. The number of fused-ring (bicyclic) bond motifs is 4. The highest BCUT2D eigenvalue weighted by Gasteiger charge is 2.64. The molecule has 14 nitrogen and oxygen atoms in total. The smallest absolute Gasteiger partial charge is 0.317 e. The van der Waals surface area contributed by atoms with Crippen molar-refractivity contribution in [3.05, 3.63) is 0 Å². The summed E-state index contributed by atoms with van der Waals surface area (Å²) in [4.78, 5) is 81.0. The van der Waals surface area contributed by atoms with Crippen molar-refractivity contribution >= 4 is 62.5 Å². The quantitative estimate of drug-likeness (QED) is 0.0247. The molecule has 70 heavy (non-hydrogen) atoms. The fourth-order valence-electron chi connectivity index (χ4n) is 14.1. The third-order valence-corrected chi connectivity index (χ3v) is 26.0. The van der Waals surface area contributed by atoms with E-state index in [4.69, 9.17) is 27.2 Å². The molecule has 1 heterocycles. The Kier molecular flexibility index (Phi) is 19.9. The van der Waals surface area contributed by atoms with Gasteiger partial charge in [-0.2, -0.15) is 0 Å². The van der Waals surface area contributed by atoms with Gasteiger partial charge in [0, 0.05) is 5.41 Å². The molecule has 4 saturated carbocycles. The molecule has 15 atom stereocenters. The molecule has 17 heteroatoms. The first-order valence-corrected chi connectivity index (χ1v) is 34.3. The Bertz CT molecular complexity index is 1840. The lowest BCUT2D eigenvalue weighted by Crippen LogP contribution is -2.47. The summed E-state index contributed by atoms with van der Waals surface area (Å²) in [5.41, 5.74) is -1.97. The molecule has 4 aliphatic carbocycles. The summed E-state index contributed by atoms with van der Waals surface area (Å²) in [6, 6.07) is 0.740. The van der Waals surface area contributed by atoms with Crippen molar-refractivity contribution < 1.29 is 66.2 Å². The molecule has 0 spiro atoms. The fourth-order valence-corrected chi connectivity index (χ4v) is 23.1. The minimum atomic E-state index is -2.41. The van der Waals surface area contributed by atoms with E-state index in [0.29, 0.717) is 74.2 Å². The van der Waals surface area contributed by atoms with Gasteiger partial charge in [0.15, 0.2) is 8.32 Å². The zero-order valence-corrected chi connectivity index (χ0v) is 48.0. The van der Waals surface area contributed by atoms with Gasteiger partial charge in [0.1, 0.15) is 5.60 Å². The van der Waals surface area contributed by atoms with Gasteiger partial charge in [0.2, 0.25) is 9.76 Å². The van der Waals surface area contributed by atoms with Crippen molar-refractivity contribution in [2.45, 2.75) is 190 Å². The molecule has 1 saturated heterocycles. The van der Waals surface area contributed by atoms with Crippen LogP contribution in [-0.2, 0) is 55.9 Å². The summed E-state index contributed by atoms with van der Waals surface area (Å²) in [5, 5.41) is 21.1. The first-order chi connectivity index (χ1) is 32.7. The van der Waals surface area contributed by atoms with Crippen LogP contribution in [0.1, 0.15) is 145 Å². The van der Waals surface area contributed by atoms with Gasteiger partial charge in [-0.25, -0.2) is 0 Å². The summed E-state index contributed by atoms with van der Waals surface area (Å²) in [7, 11) is -3.93. The van der Waals surface area contributed by atoms with Gasteiger partial charge in [-0.05, 0) is 204 Å². The molecule has 5 rings (SSSR count). The lowest BCUT2D eigenvalue weighted by molar-refractivity contribution is -0.167. The number of carboxylic acid groups (broad SMARTS) is 1. The standard InChI is InChI=1S/C53H90O14Si3/c1-14-33-38(47(58)64-46(33)57)22-21-36-35(40-29-41(36)44(43(40)45(55)56)49(60)63-31-53(16-3,17-4)30-54)20-19-34-32-27-39(42(28-32)48(59)65-51(5,6)7)37(34)23-24-52(8,15-2)50(61)62-25-18-26-70(13,66-68-9)67-69(10,11)12/h32-44,54H,14-31H2,1-13H3,(H,55,56). The maximum Gasteiger partial charge on any atom is 0.317 e. The Hall–Kier alpha value is -2.45. The Labute approximate surface area is 424 Å². The number of hydrogen-bond donors (Lipinski definition) is 2. The number of aliphatic carboxylic acids is 1. The molecule has 4 bridgehead atoms. The van der Waals surface area contributed by atoms with Gasteiger partial charge in [-0.15, -0.1) is 0 Å². The second kappa shape index (κ2) is 23.8. The summed E-state index contributed by atoms with van der Waals surface area (Å²) < 4.78 is 35.8. The molecule has 1 aliphatic heterocycles. The molecule has 15 unspecified atom stereocenters. The first kappa shape index (κ1) is 58.4. The van der Waals surface area contributed by atoms with E-state index in [-0.39, 0.29) is 78.4 Å². The number of ether oxygens (including phenoxy) is 4. The molecule has 398 valence electrons. The molecule has 2 radical (unpaired) electrons. The van der Waals surface area contributed by atoms with Gasteiger partial charge in [-0.3, -0.25) is 28.8 Å². The largest absolute Gasteiger partial charge is 0.481 e. The molecule has 0 aromatic carbocycles. The molecule has 5 aliphatic rings. The molecular formula is C53H90O14Si3. The van der Waals surface area contributed by atoms with Crippen LogP contribution >= 0.6 is 0 Å². The van der Waals surface area contributed by atoms with Gasteiger partial charge in [0.05, 0.1) is 54.8 Å². The first-order valence-electron chi connectivity index (χ1n) is 26.9. The number of carbonyl (C=O) groups is 6. The Morgan fingerprint density at radius 2 is 1.34 bits per heavy atom. The zero-order valence-electron chi connectivity index (χ0n) is 45.0. The normalized spacial score (nSPS) is 32.4. The SMILES string of the molecule is CCC1C(=O)OC(=O)C1CCC1C(CCC2C3CC(C(=O)OC(C)(C)C)C(C3)C2CCC(C)(CC)C(=O)OCCC[Si](C)(O[Si]C)O[Si](C)(C)C)C2CC1C(C(=O)OCC(CC)(CC)CO)C2C(=O)O. The molecular weight excluding hydrogens is 945 g/mol. The van der Waals surface area contributed by atoms with Crippen LogP contribution in [0.2, 0.25) is 38.8 Å². The van der Waals surface area contributed by atoms with Crippen molar-refractivity contribution in [3.8, 4) is 0 Å². The van der Waals surface area contributed by atoms with Crippen molar-refractivity contribution in [3.63, 3.8) is 0 Å². The maximum atomic E-state index is 14.2. The topological polar surface area (TPSA) is 198 Å². The average molecular weight is 1040 g/mol. The Morgan fingerprint density at radius 3 is 1.90 bits per heavy atom. The minimum absolute atomic E-state index is 0.00636. The van der Waals surface area contributed by atoms with Crippen molar-refractivity contribution in [1.82, 2.24) is 0 Å². The summed E-state index contributed by atoms with van der Waals surface area (Å²) in [6.45, 7) is 26.2. The summed E-state index contributed by atoms with van der Waals surface area (Å²) in [6.07, 6.45) is 8.93. The molecule has 2 N–H and O–H groups in total. The highest BCUT2D eigenvalue weighted by Crippen LogP contribution is 2.64. The van der Waals surface area contributed by atoms with Crippen LogP contribution in [0.4, 0.5) is 0 Å². The number of aliphatic hydroxyl groups excluding tert-OH is 1. The molecule has 5 fully saturated rings. The predicted molar refractivity (Wildman–Crippen MR) is 270 cm³/mol. The van der Waals surface area contributed by atoms with Crippen LogP contribution in [-0.4, -0.2) is 98.1 Å². The van der Waals surface area contributed by atoms with Crippen LogP contribution in [0.15, 0.2) is 0 Å². The number of hydrogen-bond acceptors (Lipinski definition) is 13. The van der Waals surface area contributed by atoms with E-state index >= 15 is 0 Å². The second-order valence-electron chi connectivity index (χ2n) is 24.5. The third kappa shape index (κ3) is 13.4. The summed E-state index contributed by atoms with van der Waals surface area (Å²) >= 11 is 0. The Morgan fingerprint density at radius 1 is 0.743 bits per heavy atom. The number of rotatable bonds is 28. The van der Waals surface area contributed by atoms with E-state index in [1.54, 1.807) is 0 Å².